The summed E-state index contributed by atoms with van der Waals surface area (Å²) in [4.78, 5) is 4.35. The Kier molecular flexibility index (Phi) is 3.79. The number of pyridine rings is 1. The molecule has 1 aromatic heterocycles. The van der Waals surface area contributed by atoms with Crippen molar-refractivity contribution in [3.8, 4) is 0 Å². The minimum atomic E-state index is -0.282. The number of nitrogens with one attached hydrogen (secondary N) is 1. The summed E-state index contributed by atoms with van der Waals surface area (Å²) in [7, 11) is 0. The lowest BCUT2D eigenvalue weighted by atomic mass is 10.3. The molecular weight excluding hydrogens is 351 g/mol. The lowest BCUT2D eigenvalue weighted by Crippen LogP contribution is -1.95. The molecule has 0 fully saturated rings. The summed E-state index contributed by atoms with van der Waals surface area (Å²) in [6.07, 6.45) is 0. The van der Waals surface area contributed by atoms with Gasteiger partial charge in [0, 0.05) is 10.2 Å². The Morgan fingerprint density at radius 3 is 2.53 bits per heavy atom. The van der Waals surface area contributed by atoms with E-state index in [-0.39, 0.29) is 5.82 Å². The van der Waals surface area contributed by atoms with Gasteiger partial charge >= 0.3 is 0 Å². The van der Waals surface area contributed by atoms with Crippen LogP contribution >= 0.6 is 31.9 Å². The minimum Gasteiger partial charge on any atom is -0.340 e. The SMILES string of the molecule is Cc1nc(Nc2ccc(F)c(Br)c2)ccc1Br. The van der Waals surface area contributed by atoms with Crippen LogP contribution in [0.15, 0.2) is 39.3 Å². The second-order valence-electron chi connectivity index (χ2n) is 3.52. The Morgan fingerprint density at radius 2 is 1.88 bits per heavy atom. The quantitative estimate of drug-likeness (QED) is 0.833. The molecule has 0 unspecified atom stereocenters. The van der Waals surface area contributed by atoms with Crippen LogP contribution in [-0.4, -0.2) is 4.98 Å². The summed E-state index contributed by atoms with van der Waals surface area (Å²) >= 11 is 6.53. The van der Waals surface area contributed by atoms with Gasteiger partial charge in [-0.1, -0.05) is 0 Å². The van der Waals surface area contributed by atoms with Crippen LogP contribution in [0.4, 0.5) is 15.9 Å². The summed E-state index contributed by atoms with van der Waals surface area (Å²) < 4.78 is 14.4. The number of hydrogen-bond donors (Lipinski definition) is 1. The maximum absolute atomic E-state index is 13.1. The van der Waals surface area contributed by atoms with Crippen molar-refractivity contribution < 1.29 is 4.39 Å². The number of anilines is 2. The van der Waals surface area contributed by atoms with Gasteiger partial charge in [0.25, 0.3) is 0 Å². The first kappa shape index (κ1) is 12.5. The summed E-state index contributed by atoms with van der Waals surface area (Å²) in [5.41, 5.74) is 1.68. The molecule has 0 spiro atoms. The molecule has 1 N–H and O–H groups in total. The molecule has 0 aliphatic heterocycles. The monoisotopic (exact) mass is 358 g/mol. The van der Waals surface area contributed by atoms with Crippen LogP contribution in [0.1, 0.15) is 5.69 Å². The summed E-state index contributed by atoms with van der Waals surface area (Å²) in [6, 6.07) is 8.52. The van der Waals surface area contributed by atoms with E-state index in [1.54, 1.807) is 12.1 Å². The van der Waals surface area contributed by atoms with E-state index in [2.05, 4.69) is 42.2 Å². The van der Waals surface area contributed by atoms with Gasteiger partial charge < -0.3 is 5.32 Å². The van der Waals surface area contributed by atoms with E-state index in [1.807, 2.05) is 19.1 Å². The van der Waals surface area contributed by atoms with E-state index in [0.717, 1.165) is 21.7 Å². The molecule has 0 amide bonds. The predicted molar refractivity (Wildman–Crippen MR) is 74.1 cm³/mol. The van der Waals surface area contributed by atoms with Crippen LogP contribution in [0.25, 0.3) is 0 Å². The third-order valence-corrected chi connectivity index (χ3v) is 3.66. The topological polar surface area (TPSA) is 24.9 Å². The number of aromatic nitrogens is 1. The zero-order valence-electron chi connectivity index (χ0n) is 8.97. The molecular formula is C12H9Br2FN2. The van der Waals surface area contributed by atoms with Gasteiger partial charge in [-0.15, -0.1) is 0 Å². The molecule has 1 aromatic carbocycles. The predicted octanol–water partition coefficient (Wildman–Crippen LogP) is 4.80. The number of aryl methyl sites for hydroxylation is 1. The van der Waals surface area contributed by atoms with Crippen molar-refractivity contribution in [2.75, 3.05) is 5.32 Å². The molecule has 0 radical (unpaired) electrons. The molecule has 2 aromatic rings. The van der Waals surface area contributed by atoms with Crippen molar-refractivity contribution in [3.05, 3.63) is 50.8 Å². The Labute approximate surface area is 116 Å². The van der Waals surface area contributed by atoms with Crippen LogP contribution in [0.2, 0.25) is 0 Å². The first-order valence-electron chi connectivity index (χ1n) is 4.91. The molecule has 0 saturated carbocycles. The highest BCUT2D eigenvalue weighted by Crippen LogP contribution is 2.23. The second kappa shape index (κ2) is 5.14. The second-order valence-corrected chi connectivity index (χ2v) is 5.23. The highest BCUT2D eigenvalue weighted by molar-refractivity contribution is 9.10. The molecule has 0 aliphatic rings. The van der Waals surface area contributed by atoms with Crippen molar-refractivity contribution in [2.45, 2.75) is 6.92 Å². The highest BCUT2D eigenvalue weighted by atomic mass is 79.9. The smallest absolute Gasteiger partial charge is 0.137 e. The van der Waals surface area contributed by atoms with E-state index in [0.29, 0.717) is 4.47 Å². The van der Waals surface area contributed by atoms with Gasteiger partial charge in [0.1, 0.15) is 11.6 Å². The average Bonchev–Trinajstić information content (AvgIpc) is 2.29. The molecule has 88 valence electrons. The van der Waals surface area contributed by atoms with Crippen molar-refractivity contribution in [1.29, 1.82) is 0 Å². The van der Waals surface area contributed by atoms with Crippen LogP contribution in [-0.2, 0) is 0 Å². The number of rotatable bonds is 2. The summed E-state index contributed by atoms with van der Waals surface area (Å²) in [6.45, 7) is 1.91. The van der Waals surface area contributed by atoms with Gasteiger partial charge in [0.05, 0.1) is 10.2 Å². The molecule has 17 heavy (non-hydrogen) atoms. The highest BCUT2D eigenvalue weighted by Gasteiger charge is 2.02. The van der Waals surface area contributed by atoms with Crippen LogP contribution < -0.4 is 5.32 Å². The van der Waals surface area contributed by atoms with E-state index < -0.39 is 0 Å². The molecule has 2 rings (SSSR count). The normalized spacial score (nSPS) is 10.4. The first-order valence-corrected chi connectivity index (χ1v) is 6.50. The van der Waals surface area contributed by atoms with Gasteiger partial charge in [-0.25, -0.2) is 9.37 Å². The third-order valence-electron chi connectivity index (χ3n) is 2.21. The molecule has 2 nitrogen and oxygen atoms in total. The zero-order chi connectivity index (χ0) is 12.4. The van der Waals surface area contributed by atoms with Gasteiger partial charge in [-0.3, -0.25) is 0 Å². The number of nitrogens with zero attached hydrogens (tertiary/aromatic N) is 1. The summed E-state index contributed by atoms with van der Waals surface area (Å²) in [5.74, 6) is 0.444. The Morgan fingerprint density at radius 1 is 1.12 bits per heavy atom. The van der Waals surface area contributed by atoms with Crippen molar-refractivity contribution in [2.24, 2.45) is 0 Å². The Balaban J connectivity index is 2.25. The lowest BCUT2D eigenvalue weighted by Gasteiger charge is -2.07. The third kappa shape index (κ3) is 3.04. The van der Waals surface area contributed by atoms with E-state index in [4.69, 9.17) is 0 Å². The fraction of sp³-hybridized carbons (Fsp3) is 0.0833. The molecule has 0 atom stereocenters. The first-order chi connectivity index (χ1) is 8.06. The van der Waals surface area contributed by atoms with Gasteiger partial charge in [0.2, 0.25) is 0 Å². The van der Waals surface area contributed by atoms with Crippen LogP contribution in [0.5, 0.6) is 0 Å². The van der Waals surface area contributed by atoms with E-state index in [9.17, 15) is 4.39 Å². The van der Waals surface area contributed by atoms with Gasteiger partial charge in [0.15, 0.2) is 0 Å². The Bertz CT molecular complexity index is 509. The minimum absolute atomic E-state index is 0.282. The maximum atomic E-state index is 13.1. The standard InChI is InChI=1S/C12H9Br2FN2/c1-7-9(13)3-5-12(16-7)17-8-2-4-11(15)10(14)6-8/h2-6H,1H3,(H,16,17). The van der Waals surface area contributed by atoms with Crippen molar-refractivity contribution >= 4 is 43.4 Å². The fourth-order valence-corrected chi connectivity index (χ4v) is 1.94. The molecule has 0 saturated heterocycles. The largest absolute Gasteiger partial charge is 0.340 e. The maximum Gasteiger partial charge on any atom is 0.137 e. The van der Waals surface area contributed by atoms with Crippen LogP contribution in [0, 0.1) is 12.7 Å². The summed E-state index contributed by atoms with van der Waals surface area (Å²) in [5, 5.41) is 3.11. The zero-order valence-corrected chi connectivity index (χ0v) is 12.1. The number of benzene rings is 1. The van der Waals surface area contributed by atoms with Crippen molar-refractivity contribution in [1.82, 2.24) is 4.98 Å². The number of halogens is 3. The van der Waals surface area contributed by atoms with Gasteiger partial charge in [-0.05, 0) is 69.1 Å². The van der Waals surface area contributed by atoms with Crippen molar-refractivity contribution in [3.63, 3.8) is 0 Å². The Hall–Kier alpha value is -0.940. The lowest BCUT2D eigenvalue weighted by molar-refractivity contribution is 0.621. The number of hydrogen-bond acceptors (Lipinski definition) is 2. The molecule has 1 heterocycles. The van der Waals surface area contributed by atoms with Crippen LogP contribution in [0.3, 0.4) is 0 Å². The average molecular weight is 360 g/mol. The van der Waals surface area contributed by atoms with Gasteiger partial charge in [-0.2, -0.15) is 0 Å². The fourth-order valence-electron chi connectivity index (χ4n) is 1.34. The molecule has 0 bridgehead atoms. The molecule has 0 aliphatic carbocycles. The molecule has 5 heteroatoms. The van der Waals surface area contributed by atoms with E-state index >= 15 is 0 Å². The van der Waals surface area contributed by atoms with E-state index in [1.165, 1.54) is 6.07 Å².